The highest BCUT2D eigenvalue weighted by Gasteiger charge is 2.37. The Morgan fingerprint density at radius 3 is 2.31 bits per heavy atom. The first kappa shape index (κ1) is 23.4. The second-order valence-corrected chi connectivity index (χ2v) is 7.62. The van der Waals surface area contributed by atoms with Crippen molar-refractivity contribution in [3.05, 3.63) is 83.8 Å². The van der Waals surface area contributed by atoms with Crippen LogP contribution in [0.2, 0.25) is 0 Å². The van der Waals surface area contributed by atoms with E-state index in [9.17, 15) is 24.0 Å². The van der Waals surface area contributed by atoms with Gasteiger partial charge in [0.25, 0.3) is 17.6 Å². The number of nitrogens with zero attached hydrogens (tertiary/aromatic N) is 2. The van der Waals surface area contributed by atoms with Gasteiger partial charge in [-0.3, -0.25) is 19.3 Å². The first-order valence-electron chi connectivity index (χ1n) is 10.5. The number of H-pyrrole nitrogens is 1. The topological polar surface area (TPSA) is 126 Å². The number of hydrogen-bond donors (Lipinski definition) is 1. The van der Waals surface area contributed by atoms with E-state index in [1.165, 1.54) is 43.8 Å². The molecule has 0 saturated carbocycles. The molecule has 10 nitrogen and oxygen atoms in total. The molecule has 178 valence electrons. The number of fused-ring (bicyclic) bond motifs is 1. The number of para-hydroxylation sites is 1. The molecular formula is C25H21N3O7. The summed E-state index contributed by atoms with van der Waals surface area (Å²) in [6, 6.07) is 11.9. The standard InChI is InChI=1S/C25H21N3O7/c1-34-24(32)17-10-6-9-16-18(13-26-20(16)17)21(29)23(31)27-11-12-28(19(14-27)25(33)35-2)22(30)15-7-4-3-5-8-15/h3-13,19,26H,14H2,1-2H3. The number of aromatic amines is 1. The summed E-state index contributed by atoms with van der Waals surface area (Å²) >= 11 is 0. The van der Waals surface area contributed by atoms with E-state index in [0.717, 1.165) is 4.90 Å². The van der Waals surface area contributed by atoms with Crippen molar-refractivity contribution in [3.8, 4) is 0 Å². The van der Waals surface area contributed by atoms with Crippen LogP contribution in [-0.2, 0) is 19.1 Å². The van der Waals surface area contributed by atoms with Crippen molar-refractivity contribution in [3.63, 3.8) is 0 Å². The fraction of sp³-hybridized carbons (Fsp3) is 0.160. The molecule has 1 aliphatic heterocycles. The third kappa shape index (κ3) is 4.29. The van der Waals surface area contributed by atoms with E-state index >= 15 is 0 Å². The van der Waals surface area contributed by atoms with Gasteiger partial charge < -0.3 is 19.4 Å². The van der Waals surface area contributed by atoms with Gasteiger partial charge in [0.05, 0.1) is 37.4 Å². The first-order valence-corrected chi connectivity index (χ1v) is 10.5. The van der Waals surface area contributed by atoms with Crippen LogP contribution in [0, 0.1) is 0 Å². The second-order valence-electron chi connectivity index (χ2n) is 7.62. The van der Waals surface area contributed by atoms with E-state index in [4.69, 9.17) is 9.47 Å². The number of esters is 2. The lowest BCUT2D eigenvalue weighted by Crippen LogP contribution is -2.53. The van der Waals surface area contributed by atoms with Gasteiger partial charge in [-0.2, -0.15) is 0 Å². The number of carbonyl (C=O) groups is 5. The zero-order chi connectivity index (χ0) is 25.1. The van der Waals surface area contributed by atoms with Crippen LogP contribution in [0.5, 0.6) is 0 Å². The number of benzene rings is 2. The Bertz CT molecular complexity index is 1360. The third-order valence-corrected chi connectivity index (χ3v) is 5.66. The largest absolute Gasteiger partial charge is 0.467 e. The van der Waals surface area contributed by atoms with Crippen LogP contribution >= 0.6 is 0 Å². The average molecular weight is 475 g/mol. The van der Waals surface area contributed by atoms with Gasteiger partial charge in [0.2, 0.25) is 0 Å². The summed E-state index contributed by atoms with van der Waals surface area (Å²) in [6.45, 7) is -0.276. The summed E-state index contributed by atoms with van der Waals surface area (Å²) in [6.07, 6.45) is 3.89. The molecule has 0 bridgehead atoms. The molecule has 4 rings (SSSR count). The van der Waals surface area contributed by atoms with E-state index in [1.807, 2.05) is 0 Å². The van der Waals surface area contributed by atoms with Crippen molar-refractivity contribution in [2.45, 2.75) is 6.04 Å². The van der Waals surface area contributed by atoms with Crippen LogP contribution in [0.25, 0.3) is 10.9 Å². The van der Waals surface area contributed by atoms with Crippen LogP contribution in [0.1, 0.15) is 31.1 Å². The molecule has 2 aromatic carbocycles. The number of rotatable bonds is 5. The quantitative estimate of drug-likeness (QED) is 0.340. The molecule has 0 spiro atoms. The molecule has 1 atom stereocenters. The van der Waals surface area contributed by atoms with Crippen LogP contribution in [-0.4, -0.2) is 71.1 Å². The highest BCUT2D eigenvalue weighted by molar-refractivity contribution is 6.45. The van der Waals surface area contributed by atoms with Gasteiger partial charge >= 0.3 is 11.9 Å². The Balaban J connectivity index is 1.62. The number of Topliss-reactive ketones (excluding diaryl/α,β-unsaturated/α-hetero) is 1. The Kier molecular flexibility index (Phi) is 6.45. The molecule has 10 heteroatoms. The Morgan fingerprint density at radius 1 is 0.886 bits per heavy atom. The molecule has 2 heterocycles. The monoisotopic (exact) mass is 475 g/mol. The van der Waals surface area contributed by atoms with Crippen LogP contribution in [0.3, 0.4) is 0 Å². The number of aromatic nitrogens is 1. The van der Waals surface area contributed by atoms with Gasteiger partial charge in [-0.25, -0.2) is 9.59 Å². The molecule has 1 N–H and O–H groups in total. The number of amides is 2. The van der Waals surface area contributed by atoms with E-state index in [1.54, 1.807) is 42.5 Å². The molecule has 1 aliphatic rings. The number of hydrogen-bond acceptors (Lipinski definition) is 7. The van der Waals surface area contributed by atoms with Gasteiger partial charge in [0.15, 0.2) is 6.04 Å². The van der Waals surface area contributed by atoms with E-state index in [2.05, 4.69) is 4.98 Å². The van der Waals surface area contributed by atoms with Crippen molar-refractivity contribution >= 4 is 40.4 Å². The number of methoxy groups -OCH3 is 2. The minimum absolute atomic E-state index is 0.0570. The predicted molar refractivity (Wildman–Crippen MR) is 123 cm³/mol. The van der Waals surface area contributed by atoms with Crippen molar-refractivity contribution in [1.29, 1.82) is 0 Å². The number of carbonyl (C=O) groups excluding carboxylic acids is 5. The molecule has 0 fully saturated rings. The highest BCUT2D eigenvalue weighted by atomic mass is 16.5. The van der Waals surface area contributed by atoms with Crippen molar-refractivity contribution in [2.75, 3.05) is 20.8 Å². The lowest BCUT2D eigenvalue weighted by molar-refractivity contribution is -0.146. The van der Waals surface area contributed by atoms with E-state index in [-0.39, 0.29) is 17.7 Å². The fourth-order valence-electron chi connectivity index (χ4n) is 3.87. The normalized spacial score (nSPS) is 15.1. The van der Waals surface area contributed by atoms with E-state index < -0.39 is 35.6 Å². The molecule has 2 amide bonds. The molecule has 1 unspecified atom stereocenters. The third-order valence-electron chi connectivity index (χ3n) is 5.66. The Morgan fingerprint density at radius 2 is 1.63 bits per heavy atom. The molecule has 1 aromatic heterocycles. The molecule has 0 aliphatic carbocycles. The van der Waals surface area contributed by atoms with Crippen LogP contribution in [0.15, 0.2) is 67.1 Å². The number of ether oxygens (including phenoxy) is 2. The summed E-state index contributed by atoms with van der Waals surface area (Å²) in [4.78, 5) is 68.7. The molecule has 0 saturated heterocycles. The van der Waals surface area contributed by atoms with Gasteiger partial charge in [0.1, 0.15) is 0 Å². The highest BCUT2D eigenvalue weighted by Crippen LogP contribution is 2.24. The lowest BCUT2D eigenvalue weighted by Gasteiger charge is -2.34. The van der Waals surface area contributed by atoms with Gasteiger partial charge in [-0.15, -0.1) is 0 Å². The second kappa shape index (κ2) is 9.64. The predicted octanol–water partition coefficient (Wildman–Crippen LogP) is 2.13. The smallest absolute Gasteiger partial charge is 0.339 e. The van der Waals surface area contributed by atoms with Gasteiger partial charge in [0, 0.05) is 29.5 Å². The molecule has 35 heavy (non-hydrogen) atoms. The van der Waals surface area contributed by atoms with Crippen LogP contribution < -0.4 is 0 Å². The minimum atomic E-state index is -1.15. The summed E-state index contributed by atoms with van der Waals surface area (Å²) in [7, 11) is 2.42. The maximum absolute atomic E-state index is 13.1. The van der Waals surface area contributed by atoms with Crippen molar-refractivity contribution < 1.29 is 33.4 Å². The Hall–Kier alpha value is -4.73. The summed E-state index contributed by atoms with van der Waals surface area (Å²) in [5.41, 5.74) is 0.982. The molecule has 3 aromatic rings. The first-order chi connectivity index (χ1) is 16.9. The maximum Gasteiger partial charge on any atom is 0.339 e. The van der Waals surface area contributed by atoms with Crippen molar-refractivity contribution in [2.24, 2.45) is 0 Å². The van der Waals surface area contributed by atoms with Gasteiger partial charge in [-0.1, -0.05) is 30.3 Å². The van der Waals surface area contributed by atoms with Gasteiger partial charge in [-0.05, 0) is 18.2 Å². The zero-order valence-corrected chi connectivity index (χ0v) is 18.9. The minimum Gasteiger partial charge on any atom is -0.467 e. The molecular weight excluding hydrogens is 454 g/mol. The van der Waals surface area contributed by atoms with Crippen molar-refractivity contribution in [1.82, 2.24) is 14.8 Å². The fourth-order valence-corrected chi connectivity index (χ4v) is 3.87. The average Bonchev–Trinajstić information content (AvgIpc) is 3.35. The SMILES string of the molecule is COC(=O)c1cccc2c(C(=O)C(=O)N3C=CN(C(=O)c4ccccc4)C(C(=O)OC)C3)c[nH]c12. The number of nitrogens with one attached hydrogen (secondary N) is 1. The molecule has 0 radical (unpaired) electrons. The lowest BCUT2D eigenvalue weighted by atomic mass is 10.0. The summed E-state index contributed by atoms with van der Waals surface area (Å²) < 4.78 is 9.59. The zero-order valence-electron chi connectivity index (χ0n) is 18.9. The summed E-state index contributed by atoms with van der Waals surface area (Å²) in [5.74, 6) is -3.55. The number of ketones is 1. The van der Waals surface area contributed by atoms with Crippen LogP contribution in [0.4, 0.5) is 0 Å². The van der Waals surface area contributed by atoms with E-state index in [0.29, 0.717) is 16.5 Å². The maximum atomic E-state index is 13.1. The summed E-state index contributed by atoms with van der Waals surface area (Å²) in [5, 5.41) is 0.373. The Labute approximate surface area is 199 Å².